The second kappa shape index (κ2) is 9.11. The van der Waals surface area contributed by atoms with E-state index in [1.54, 1.807) is 16.9 Å². The van der Waals surface area contributed by atoms with Gasteiger partial charge < -0.3 is 5.11 Å². The zero-order valence-electron chi connectivity index (χ0n) is 19.8. The Bertz CT molecular complexity index is 1580. The Morgan fingerprint density at radius 1 is 1.00 bits per heavy atom. The molecule has 2 aromatic heterocycles. The summed E-state index contributed by atoms with van der Waals surface area (Å²) in [5, 5.41) is 21.2. The van der Waals surface area contributed by atoms with E-state index in [-0.39, 0.29) is 17.3 Å². The Kier molecular flexibility index (Phi) is 5.78. The number of pyridine rings is 2. The number of aryl methyl sites for hydroxylation is 1. The Balaban J connectivity index is 1.43. The minimum atomic E-state index is -0.587. The van der Waals surface area contributed by atoms with Crippen LogP contribution in [0, 0.1) is 6.92 Å². The SMILES string of the molecule is Cc1ccc(-c2ccc(Cn3nc4c(=O)n([C@@H]5CCCC[C@H]5O)nc-4c4cccc(Cl)c43)cn2)cn1. The molecule has 1 N–H and O–H groups in total. The average Bonchev–Trinajstić information content (AvgIpc) is 3.21. The Labute approximate surface area is 212 Å². The van der Waals surface area contributed by atoms with Crippen molar-refractivity contribution < 1.29 is 5.11 Å². The van der Waals surface area contributed by atoms with Crippen LogP contribution in [0.4, 0.5) is 0 Å². The van der Waals surface area contributed by atoms with Crippen LogP contribution in [0.1, 0.15) is 43.0 Å². The standard InChI is InChI=1S/C27H25ClN6O2/c1-16-9-11-18(14-29-16)21-12-10-17(13-30-21)15-33-26-19(5-4-6-20(26)28)24-25(31-33)27(36)34(32-24)22-7-2-3-8-23(22)35/h4-6,9-14,22-23,35H,2-3,7-8,15H2,1H3/t22-,23-/m1/s1. The van der Waals surface area contributed by atoms with Gasteiger partial charge in [-0.25, -0.2) is 4.68 Å². The highest BCUT2D eigenvalue weighted by Gasteiger charge is 2.31. The molecule has 8 nitrogen and oxygen atoms in total. The minimum absolute atomic E-state index is 0.276. The molecule has 0 spiro atoms. The lowest BCUT2D eigenvalue weighted by atomic mass is 9.93. The zero-order chi connectivity index (χ0) is 24.8. The molecule has 2 atom stereocenters. The van der Waals surface area contributed by atoms with E-state index >= 15 is 0 Å². The second-order valence-electron chi connectivity index (χ2n) is 9.40. The molecule has 0 bridgehead atoms. The Morgan fingerprint density at radius 2 is 1.86 bits per heavy atom. The number of para-hydroxylation sites is 1. The molecule has 1 saturated carbocycles. The van der Waals surface area contributed by atoms with Crippen LogP contribution >= 0.6 is 11.6 Å². The summed E-state index contributed by atoms with van der Waals surface area (Å²) in [5.74, 6) is 0. The lowest BCUT2D eigenvalue weighted by molar-refractivity contribution is 0.0681. The van der Waals surface area contributed by atoms with Crippen LogP contribution in [0.15, 0.2) is 59.7 Å². The molecule has 1 aromatic carbocycles. The van der Waals surface area contributed by atoms with Gasteiger partial charge in [0.1, 0.15) is 5.69 Å². The molecule has 1 fully saturated rings. The summed E-state index contributed by atoms with van der Waals surface area (Å²) >= 11 is 6.63. The molecule has 4 heterocycles. The van der Waals surface area contributed by atoms with Crippen molar-refractivity contribution in [1.29, 1.82) is 0 Å². The van der Waals surface area contributed by atoms with Gasteiger partial charge in [-0.2, -0.15) is 10.2 Å². The number of nitrogens with zero attached hydrogens (tertiary/aromatic N) is 6. The maximum absolute atomic E-state index is 13.4. The van der Waals surface area contributed by atoms with Gasteiger partial charge in [-0.1, -0.05) is 42.6 Å². The number of aliphatic hydroxyl groups is 1. The minimum Gasteiger partial charge on any atom is -0.391 e. The molecule has 182 valence electrons. The van der Waals surface area contributed by atoms with Crippen molar-refractivity contribution in [3.05, 3.63) is 81.5 Å². The van der Waals surface area contributed by atoms with Crippen molar-refractivity contribution in [2.24, 2.45) is 0 Å². The van der Waals surface area contributed by atoms with E-state index in [1.807, 2.05) is 49.5 Å². The molecule has 6 rings (SSSR count). The fourth-order valence-electron chi connectivity index (χ4n) is 5.02. The number of benzene rings is 1. The fraction of sp³-hybridized carbons (Fsp3) is 0.296. The van der Waals surface area contributed by atoms with Crippen LogP contribution in [0.25, 0.3) is 33.5 Å². The van der Waals surface area contributed by atoms with Crippen LogP contribution in [0.3, 0.4) is 0 Å². The van der Waals surface area contributed by atoms with Gasteiger partial charge >= 0.3 is 0 Å². The first-order valence-electron chi connectivity index (χ1n) is 12.1. The first-order chi connectivity index (χ1) is 17.5. The van der Waals surface area contributed by atoms with Crippen molar-refractivity contribution >= 4 is 22.5 Å². The number of aliphatic hydroxyl groups excluding tert-OH is 1. The fourth-order valence-corrected chi connectivity index (χ4v) is 5.29. The van der Waals surface area contributed by atoms with Crippen molar-refractivity contribution in [1.82, 2.24) is 29.5 Å². The molecule has 3 aromatic rings. The number of hydrogen-bond donors (Lipinski definition) is 1. The number of fused-ring (bicyclic) bond motifs is 3. The summed E-state index contributed by atoms with van der Waals surface area (Å²) in [6, 6.07) is 13.1. The van der Waals surface area contributed by atoms with Crippen LogP contribution in [-0.2, 0) is 6.54 Å². The summed E-state index contributed by atoms with van der Waals surface area (Å²) in [7, 11) is 0. The van der Waals surface area contributed by atoms with Gasteiger partial charge in [0.05, 0.1) is 34.9 Å². The molecule has 2 aliphatic heterocycles. The van der Waals surface area contributed by atoms with Gasteiger partial charge in [-0.15, -0.1) is 0 Å². The lowest BCUT2D eigenvalue weighted by Gasteiger charge is -2.26. The lowest BCUT2D eigenvalue weighted by Crippen LogP contribution is -2.33. The van der Waals surface area contributed by atoms with E-state index in [9.17, 15) is 9.90 Å². The topological polar surface area (TPSA) is 98.7 Å². The van der Waals surface area contributed by atoms with Gasteiger partial charge in [0.25, 0.3) is 5.56 Å². The Hall–Kier alpha value is -3.62. The van der Waals surface area contributed by atoms with E-state index in [4.69, 9.17) is 16.7 Å². The molecule has 0 radical (unpaired) electrons. The number of rotatable bonds is 4. The monoisotopic (exact) mass is 500 g/mol. The highest BCUT2D eigenvalue weighted by Crippen LogP contribution is 2.33. The molecule has 1 aliphatic carbocycles. The summed E-state index contributed by atoms with van der Waals surface area (Å²) in [6.07, 6.45) is 6.33. The largest absolute Gasteiger partial charge is 0.391 e. The van der Waals surface area contributed by atoms with Crippen molar-refractivity contribution in [3.8, 4) is 22.6 Å². The van der Waals surface area contributed by atoms with E-state index < -0.39 is 6.10 Å². The molecular weight excluding hydrogens is 476 g/mol. The van der Waals surface area contributed by atoms with E-state index in [0.29, 0.717) is 29.2 Å². The molecule has 0 unspecified atom stereocenters. The predicted octanol–water partition coefficient (Wildman–Crippen LogP) is 4.64. The number of aromatic nitrogens is 6. The molecule has 0 amide bonds. The van der Waals surface area contributed by atoms with Crippen LogP contribution < -0.4 is 5.56 Å². The third-order valence-corrected chi connectivity index (χ3v) is 7.24. The van der Waals surface area contributed by atoms with Crippen LogP contribution in [0.2, 0.25) is 5.02 Å². The molecule has 36 heavy (non-hydrogen) atoms. The normalized spacial score (nSPS) is 18.2. The summed E-state index contributed by atoms with van der Waals surface area (Å²) in [5.41, 5.74) is 4.84. The smallest absolute Gasteiger partial charge is 0.297 e. The van der Waals surface area contributed by atoms with Gasteiger partial charge in [0.2, 0.25) is 0 Å². The van der Waals surface area contributed by atoms with E-state index in [2.05, 4.69) is 15.1 Å². The van der Waals surface area contributed by atoms with Crippen molar-refractivity contribution in [2.75, 3.05) is 0 Å². The molecular formula is C27H25ClN6O2. The molecule has 0 saturated heterocycles. The van der Waals surface area contributed by atoms with E-state index in [0.717, 1.165) is 47.2 Å². The van der Waals surface area contributed by atoms with Gasteiger partial charge in [-0.05, 0) is 49.6 Å². The highest BCUT2D eigenvalue weighted by molar-refractivity contribution is 6.35. The second-order valence-corrected chi connectivity index (χ2v) is 9.81. The highest BCUT2D eigenvalue weighted by atomic mass is 35.5. The first kappa shape index (κ1) is 22.8. The van der Waals surface area contributed by atoms with Crippen molar-refractivity contribution in [3.63, 3.8) is 0 Å². The molecule has 9 heteroatoms. The first-order valence-corrected chi connectivity index (χ1v) is 12.5. The van der Waals surface area contributed by atoms with Gasteiger partial charge in [0, 0.05) is 29.0 Å². The number of halogens is 1. The number of hydrogen-bond acceptors (Lipinski definition) is 6. The van der Waals surface area contributed by atoms with Crippen LogP contribution in [0.5, 0.6) is 0 Å². The Morgan fingerprint density at radius 3 is 2.61 bits per heavy atom. The maximum atomic E-state index is 13.4. The summed E-state index contributed by atoms with van der Waals surface area (Å²) < 4.78 is 3.17. The maximum Gasteiger partial charge on any atom is 0.297 e. The predicted molar refractivity (Wildman–Crippen MR) is 138 cm³/mol. The summed E-state index contributed by atoms with van der Waals surface area (Å²) in [4.78, 5) is 22.4. The molecule has 3 aliphatic rings. The van der Waals surface area contributed by atoms with Gasteiger partial charge in [-0.3, -0.25) is 19.4 Å². The average molecular weight is 501 g/mol. The quantitative estimate of drug-likeness (QED) is 0.386. The third-order valence-electron chi connectivity index (χ3n) is 6.94. The van der Waals surface area contributed by atoms with Crippen molar-refractivity contribution in [2.45, 2.75) is 51.3 Å². The summed E-state index contributed by atoms with van der Waals surface area (Å²) in [6.45, 7) is 2.33. The van der Waals surface area contributed by atoms with E-state index in [1.165, 1.54) is 4.68 Å². The zero-order valence-corrected chi connectivity index (χ0v) is 20.6. The third kappa shape index (κ3) is 3.96. The van der Waals surface area contributed by atoms with Gasteiger partial charge in [0.15, 0.2) is 5.69 Å². The van der Waals surface area contributed by atoms with Crippen LogP contribution in [-0.4, -0.2) is 40.7 Å².